The third kappa shape index (κ3) is 3.84. The summed E-state index contributed by atoms with van der Waals surface area (Å²) in [7, 11) is -5.74. The molecule has 1 aromatic heterocycles. The smallest absolute Gasteiger partial charge is 0.376 e. The van der Waals surface area contributed by atoms with E-state index in [-0.39, 0.29) is 30.1 Å². The molecule has 0 atom stereocenters. The van der Waals surface area contributed by atoms with Crippen molar-refractivity contribution >= 4 is 21.8 Å². The molecule has 0 bridgehead atoms. The van der Waals surface area contributed by atoms with E-state index in [0.717, 1.165) is 12.3 Å². The van der Waals surface area contributed by atoms with Gasteiger partial charge in [0.15, 0.2) is 5.75 Å². The van der Waals surface area contributed by atoms with Crippen molar-refractivity contribution < 1.29 is 30.6 Å². The molecule has 2 rings (SSSR count). The molecule has 1 aliphatic heterocycles. The van der Waals surface area contributed by atoms with Crippen LogP contribution in [0.4, 0.5) is 19.0 Å². The topological polar surface area (TPSA) is 85.4 Å². The molecular weight excluding hydrogens is 313 g/mol. The Hall–Kier alpha value is -1.84. The Bertz CT molecular complexity index is 629. The van der Waals surface area contributed by atoms with Crippen molar-refractivity contribution in [3.8, 4) is 5.75 Å². The van der Waals surface area contributed by atoms with Crippen LogP contribution >= 0.6 is 0 Å². The number of nitrogens with zero attached hydrogens (tertiary/aromatic N) is 1. The standard InChI is InChI=1S/C9H7F3N2O4S.C2H6/c10-9(11,12)19(16,17)18-6-3-4-13-8-5(6)1-2-7(15)14-8;1-2/h3-4H,1-2H2,(H,13,14,15);1-2H3. The van der Waals surface area contributed by atoms with Gasteiger partial charge in [-0.25, -0.2) is 4.98 Å². The monoisotopic (exact) mass is 326 g/mol. The molecule has 0 saturated carbocycles. The number of anilines is 1. The summed E-state index contributed by atoms with van der Waals surface area (Å²) >= 11 is 0. The van der Waals surface area contributed by atoms with Gasteiger partial charge in [-0.1, -0.05) is 13.8 Å². The highest BCUT2D eigenvalue weighted by Crippen LogP contribution is 2.33. The van der Waals surface area contributed by atoms with Gasteiger partial charge < -0.3 is 9.50 Å². The number of carbonyl (C=O) groups is 1. The lowest BCUT2D eigenvalue weighted by Crippen LogP contribution is -2.29. The first kappa shape index (κ1) is 17.2. The van der Waals surface area contributed by atoms with Crippen molar-refractivity contribution in [3.63, 3.8) is 0 Å². The zero-order valence-corrected chi connectivity index (χ0v) is 12.0. The Labute approximate surface area is 119 Å². The summed E-state index contributed by atoms with van der Waals surface area (Å²) < 4.78 is 62.5. The van der Waals surface area contributed by atoms with Crippen molar-refractivity contribution in [1.82, 2.24) is 4.98 Å². The van der Waals surface area contributed by atoms with Gasteiger partial charge >= 0.3 is 15.6 Å². The van der Waals surface area contributed by atoms with E-state index < -0.39 is 21.4 Å². The van der Waals surface area contributed by atoms with Gasteiger partial charge in [-0.05, 0) is 6.42 Å². The molecule has 2 heterocycles. The van der Waals surface area contributed by atoms with Crippen molar-refractivity contribution in [2.75, 3.05) is 5.32 Å². The lowest BCUT2D eigenvalue weighted by atomic mass is 10.1. The fourth-order valence-electron chi connectivity index (χ4n) is 1.50. The zero-order chi connectivity index (χ0) is 16.3. The minimum absolute atomic E-state index is 0.00567. The van der Waals surface area contributed by atoms with Gasteiger partial charge in [-0.15, -0.1) is 0 Å². The summed E-state index contributed by atoms with van der Waals surface area (Å²) in [6.45, 7) is 4.00. The van der Waals surface area contributed by atoms with Crippen LogP contribution in [0.25, 0.3) is 0 Å². The molecule has 1 aromatic rings. The number of rotatable bonds is 2. The Morgan fingerprint density at radius 1 is 1.29 bits per heavy atom. The Morgan fingerprint density at radius 2 is 1.90 bits per heavy atom. The Morgan fingerprint density at radius 3 is 2.48 bits per heavy atom. The summed E-state index contributed by atoms with van der Waals surface area (Å²) in [5.74, 6) is -0.829. The van der Waals surface area contributed by atoms with Gasteiger partial charge in [-0.3, -0.25) is 4.79 Å². The predicted octanol–water partition coefficient (Wildman–Crippen LogP) is 2.22. The predicted molar refractivity (Wildman–Crippen MR) is 68.1 cm³/mol. The average Bonchev–Trinajstić information content (AvgIpc) is 2.39. The third-order valence-corrected chi connectivity index (χ3v) is 3.32. The molecule has 21 heavy (non-hydrogen) atoms. The highest BCUT2D eigenvalue weighted by molar-refractivity contribution is 7.88. The van der Waals surface area contributed by atoms with E-state index in [0.29, 0.717) is 0 Å². The van der Waals surface area contributed by atoms with E-state index in [1.165, 1.54) is 0 Å². The zero-order valence-electron chi connectivity index (χ0n) is 11.2. The molecule has 10 heteroatoms. The van der Waals surface area contributed by atoms with Crippen LogP contribution < -0.4 is 9.50 Å². The maximum absolute atomic E-state index is 12.2. The summed E-state index contributed by atoms with van der Waals surface area (Å²) in [6, 6.07) is 1.000. The number of alkyl halides is 3. The van der Waals surface area contributed by atoms with Crippen LogP contribution in [0.15, 0.2) is 12.3 Å². The molecular formula is C11H13F3N2O4S. The maximum Gasteiger partial charge on any atom is 0.534 e. The minimum atomic E-state index is -5.74. The van der Waals surface area contributed by atoms with Gasteiger partial charge in [-0.2, -0.15) is 21.6 Å². The SMILES string of the molecule is CC.O=C1CCc2c(OS(=O)(=O)C(F)(F)F)ccnc2N1. The largest absolute Gasteiger partial charge is 0.534 e. The van der Waals surface area contributed by atoms with Gasteiger partial charge in [0, 0.05) is 24.2 Å². The number of aromatic nitrogens is 1. The number of amides is 1. The second-order valence-corrected chi connectivity index (χ2v) is 5.21. The van der Waals surface area contributed by atoms with E-state index >= 15 is 0 Å². The summed E-state index contributed by atoms with van der Waals surface area (Å²) in [6.07, 6.45) is 1.12. The van der Waals surface area contributed by atoms with E-state index in [4.69, 9.17) is 0 Å². The van der Waals surface area contributed by atoms with Crippen LogP contribution in [0, 0.1) is 0 Å². The molecule has 0 saturated heterocycles. The normalized spacial score (nSPS) is 14.4. The van der Waals surface area contributed by atoms with Crippen LogP contribution in [0.2, 0.25) is 0 Å². The van der Waals surface area contributed by atoms with Crippen LogP contribution in [-0.2, 0) is 21.3 Å². The highest BCUT2D eigenvalue weighted by Gasteiger charge is 2.49. The molecule has 1 N–H and O–H groups in total. The third-order valence-electron chi connectivity index (χ3n) is 2.36. The lowest BCUT2D eigenvalue weighted by Gasteiger charge is -2.18. The molecule has 0 spiro atoms. The van der Waals surface area contributed by atoms with Gasteiger partial charge in [0.25, 0.3) is 0 Å². The molecule has 1 amide bonds. The van der Waals surface area contributed by atoms with Crippen LogP contribution in [0.3, 0.4) is 0 Å². The number of halogens is 3. The Balaban J connectivity index is 0.00000106. The van der Waals surface area contributed by atoms with E-state index in [1.807, 2.05) is 13.8 Å². The average molecular weight is 326 g/mol. The molecule has 0 aromatic carbocycles. The first-order valence-corrected chi connectivity index (χ1v) is 7.40. The highest BCUT2D eigenvalue weighted by atomic mass is 32.2. The number of nitrogens with one attached hydrogen (secondary N) is 1. The van der Waals surface area contributed by atoms with Crippen LogP contribution in [0.1, 0.15) is 25.8 Å². The molecule has 1 aliphatic rings. The number of carbonyl (C=O) groups excluding carboxylic acids is 1. The first-order valence-electron chi connectivity index (χ1n) is 5.99. The molecule has 0 fully saturated rings. The minimum Gasteiger partial charge on any atom is -0.376 e. The van der Waals surface area contributed by atoms with Crippen LogP contribution in [-0.4, -0.2) is 24.8 Å². The molecule has 118 valence electrons. The number of fused-ring (bicyclic) bond motifs is 1. The number of pyridine rings is 1. The van der Waals surface area contributed by atoms with E-state index in [2.05, 4.69) is 14.5 Å². The number of hydrogen-bond donors (Lipinski definition) is 1. The van der Waals surface area contributed by atoms with Gasteiger partial charge in [0.1, 0.15) is 5.82 Å². The summed E-state index contributed by atoms with van der Waals surface area (Å²) in [5.41, 5.74) is -5.39. The second-order valence-electron chi connectivity index (χ2n) is 3.67. The molecule has 0 unspecified atom stereocenters. The fraction of sp³-hybridized carbons (Fsp3) is 0.455. The molecule has 6 nitrogen and oxygen atoms in total. The molecule has 0 radical (unpaired) electrons. The van der Waals surface area contributed by atoms with Crippen molar-refractivity contribution in [3.05, 3.63) is 17.8 Å². The summed E-state index contributed by atoms with van der Waals surface area (Å²) in [4.78, 5) is 14.8. The quantitative estimate of drug-likeness (QED) is 0.665. The van der Waals surface area contributed by atoms with Crippen molar-refractivity contribution in [1.29, 1.82) is 0 Å². The van der Waals surface area contributed by atoms with Gasteiger partial charge in [0.2, 0.25) is 5.91 Å². The van der Waals surface area contributed by atoms with Crippen LogP contribution in [0.5, 0.6) is 5.75 Å². The lowest BCUT2D eigenvalue weighted by molar-refractivity contribution is -0.116. The number of hydrogen-bond acceptors (Lipinski definition) is 5. The maximum atomic E-state index is 12.2. The van der Waals surface area contributed by atoms with E-state index in [1.54, 1.807) is 0 Å². The van der Waals surface area contributed by atoms with Crippen molar-refractivity contribution in [2.45, 2.75) is 32.2 Å². The summed E-state index contributed by atoms with van der Waals surface area (Å²) in [5, 5.41) is 2.32. The van der Waals surface area contributed by atoms with Gasteiger partial charge in [0.05, 0.1) is 0 Å². The van der Waals surface area contributed by atoms with Crippen molar-refractivity contribution in [2.24, 2.45) is 0 Å². The van der Waals surface area contributed by atoms with E-state index in [9.17, 15) is 26.4 Å². The second kappa shape index (κ2) is 6.29. The first-order chi connectivity index (χ1) is 9.71. The fourth-order valence-corrected chi connectivity index (χ4v) is 1.99. The molecule has 0 aliphatic carbocycles. The Kier molecular flexibility index (Phi) is 5.15.